The van der Waals surface area contributed by atoms with Crippen LogP contribution in [0.25, 0.3) is 11.1 Å². The summed E-state index contributed by atoms with van der Waals surface area (Å²) in [6, 6.07) is 5.50. The van der Waals surface area contributed by atoms with Crippen molar-refractivity contribution in [1.82, 2.24) is 9.88 Å². The van der Waals surface area contributed by atoms with Crippen molar-refractivity contribution in [3.8, 4) is 0 Å². The number of nitrogens with zero attached hydrogens (tertiary/aromatic N) is 2. The Morgan fingerprint density at radius 1 is 1.44 bits per heavy atom. The van der Waals surface area contributed by atoms with Crippen LogP contribution in [0.4, 0.5) is 5.69 Å². The number of nitrogen functional groups attached to an aromatic ring is 1. The van der Waals surface area contributed by atoms with Crippen LogP contribution in [0.15, 0.2) is 22.6 Å². The maximum atomic E-state index is 5.72. The number of likely N-dealkylation sites (N-methyl/N-ethyl adjacent to an activating group) is 1. The largest absolute Gasteiger partial charge is 0.439 e. The second-order valence-corrected chi connectivity index (χ2v) is 4.20. The van der Waals surface area contributed by atoms with Crippen LogP contribution in [0, 0.1) is 0 Å². The zero-order chi connectivity index (χ0) is 13.0. The van der Waals surface area contributed by atoms with E-state index in [-0.39, 0.29) is 0 Å². The average Bonchev–Trinajstić information content (AvgIpc) is 2.75. The van der Waals surface area contributed by atoms with Crippen molar-refractivity contribution < 1.29 is 9.15 Å². The molecule has 98 valence electrons. The van der Waals surface area contributed by atoms with Crippen molar-refractivity contribution in [1.29, 1.82) is 0 Å². The van der Waals surface area contributed by atoms with E-state index in [4.69, 9.17) is 14.9 Å². The fourth-order valence-electron chi connectivity index (χ4n) is 1.82. The molecule has 0 saturated carbocycles. The van der Waals surface area contributed by atoms with Gasteiger partial charge in [0.25, 0.3) is 0 Å². The van der Waals surface area contributed by atoms with Gasteiger partial charge < -0.3 is 14.9 Å². The minimum absolute atomic E-state index is 0.689. The SMILES string of the molecule is CCN(CCOC)Cc1nc2cc(N)ccc2o1. The highest BCUT2D eigenvalue weighted by Gasteiger charge is 2.10. The van der Waals surface area contributed by atoms with Gasteiger partial charge in [-0.3, -0.25) is 4.90 Å². The van der Waals surface area contributed by atoms with E-state index in [1.54, 1.807) is 7.11 Å². The van der Waals surface area contributed by atoms with E-state index in [9.17, 15) is 0 Å². The Labute approximate surface area is 107 Å². The van der Waals surface area contributed by atoms with Crippen molar-refractivity contribution in [2.75, 3.05) is 32.5 Å². The number of fused-ring (bicyclic) bond motifs is 1. The number of anilines is 1. The number of hydrogen-bond donors (Lipinski definition) is 1. The molecule has 0 bridgehead atoms. The Kier molecular flexibility index (Phi) is 4.17. The summed E-state index contributed by atoms with van der Waals surface area (Å²) in [5.74, 6) is 0.716. The fraction of sp³-hybridized carbons (Fsp3) is 0.462. The maximum absolute atomic E-state index is 5.72. The van der Waals surface area contributed by atoms with E-state index >= 15 is 0 Å². The van der Waals surface area contributed by atoms with Gasteiger partial charge in [0, 0.05) is 19.3 Å². The Hall–Kier alpha value is -1.59. The summed E-state index contributed by atoms with van der Waals surface area (Å²) in [5, 5.41) is 0. The molecule has 0 fully saturated rings. The Bertz CT molecular complexity index is 510. The maximum Gasteiger partial charge on any atom is 0.209 e. The molecule has 0 aliphatic rings. The summed E-state index contributed by atoms with van der Waals surface area (Å²) < 4.78 is 10.8. The smallest absolute Gasteiger partial charge is 0.209 e. The molecule has 0 atom stereocenters. The van der Waals surface area contributed by atoms with Gasteiger partial charge in [-0.25, -0.2) is 4.98 Å². The van der Waals surface area contributed by atoms with Crippen molar-refractivity contribution in [2.24, 2.45) is 0 Å². The zero-order valence-electron chi connectivity index (χ0n) is 10.8. The van der Waals surface area contributed by atoms with Gasteiger partial charge in [0.2, 0.25) is 5.89 Å². The van der Waals surface area contributed by atoms with Crippen molar-refractivity contribution >= 4 is 16.8 Å². The van der Waals surface area contributed by atoms with Crippen molar-refractivity contribution in [3.05, 3.63) is 24.1 Å². The molecule has 1 heterocycles. The number of ether oxygens (including phenoxy) is 1. The lowest BCUT2D eigenvalue weighted by atomic mass is 10.3. The average molecular weight is 249 g/mol. The molecule has 2 N–H and O–H groups in total. The molecule has 0 aliphatic heterocycles. The number of nitrogens with two attached hydrogens (primary N) is 1. The van der Waals surface area contributed by atoms with Gasteiger partial charge in [-0.05, 0) is 24.7 Å². The number of hydrogen-bond acceptors (Lipinski definition) is 5. The molecular weight excluding hydrogens is 230 g/mol. The van der Waals surface area contributed by atoms with Crippen molar-refractivity contribution in [3.63, 3.8) is 0 Å². The van der Waals surface area contributed by atoms with Crippen LogP contribution < -0.4 is 5.73 Å². The van der Waals surface area contributed by atoms with Gasteiger partial charge in [0.1, 0.15) is 5.52 Å². The first-order chi connectivity index (χ1) is 8.72. The topological polar surface area (TPSA) is 64.5 Å². The standard InChI is InChI=1S/C13H19N3O2/c1-3-16(6-7-17-2)9-13-15-11-8-10(14)4-5-12(11)18-13/h4-5,8H,3,6-7,9,14H2,1-2H3. The highest BCUT2D eigenvalue weighted by molar-refractivity contribution is 5.76. The first-order valence-electron chi connectivity index (χ1n) is 6.09. The molecular formula is C13H19N3O2. The van der Waals surface area contributed by atoms with E-state index in [1.165, 1.54) is 0 Å². The van der Waals surface area contributed by atoms with E-state index < -0.39 is 0 Å². The van der Waals surface area contributed by atoms with E-state index in [2.05, 4.69) is 16.8 Å². The van der Waals surface area contributed by atoms with Crippen LogP contribution in [-0.2, 0) is 11.3 Å². The molecule has 1 aromatic heterocycles. The summed E-state index contributed by atoms with van der Waals surface area (Å²) in [4.78, 5) is 6.66. The first-order valence-corrected chi connectivity index (χ1v) is 6.09. The van der Waals surface area contributed by atoms with Crippen LogP contribution >= 0.6 is 0 Å². The molecule has 2 aromatic rings. The van der Waals surface area contributed by atoms with E-state index in [0.717, 1.165) is 24.2 Å². The van der Waals surface area contributed by atoms with Crippen LogP contribution in [0.1, 0.15) is 12.8 Å². The highest BCUT2D eigenvalue weighted by atomic mass is 16.5. The Balaban J connectivity index is 2.10. The van der Waals surface area contributed by atoms with Crippen LogP contribution in [0.2, 0.25) is 0 Å². The third-order valence-electron chi connectivity index (χ3n) is 2.87. The van der Waals surface area contributed by atoms with Gasteiger partial charge >= 0.3 is 0 Å². The van der Waals surface area contributed by atoms with Crippen LogP contribution in [-0.4, -0.2) is 36.7 Å². The summed E-state index contributed by atoms with van der Waals surface area (Å²) in [5.41, 5.74) is 8.01. The monoisotopic (exact) mass is 249 g/mol. The molecule has 5 heteroatoms. The second-order valence-electron chi connectivity index (χ2n) is 4.20. The summed E-state index contributed by atoms with van der Waals surface area (Å²) in [7, 11) is 1.70. The number of oxazole rings is 1. The minimum Gasteiger partial charge on any atom is -0.439 e. The molecule has 5 nitrogen and oxygen atoms in total. The molecule has 1 aromatic carbocycles. The summed E-state index contributed by atoms with van der Waals surface area (Å²) in [6.45, 7) is 5.31. The summed E-state index contributed by atoms with van der Waals surface area (Å²) >= 11 is 0. The highest BCUT2D eigenvalue weighted by Crippen LogP contribution is 2.19. The van der Waals surface area contributed by atoms with Gasteiger partial charge in [0.15, 0.2) is 5.58 Å². The molecule has 18 heavy (non-hydrogen) atoms. The molecule has 0 radical (unpaired) electrons. The lowest BCUT2D eigenvalue weighted by Crippen LogP contribution is -2.26. The number of aromatic nitrogens is 1. The molecule has 0 amide bonds. The number of benzene rings is 1. The van der Waals surface area contributed by atoms with Crippen molar-refractivity contribution in [2.45, 2.75) is 13.5 Å². The molecule has 2 rings (SSSR count). The predicted octanol–water partition coefficient (Wildman–Crippen LogP) is 1.88. The fourth-order valence-corrected chi connectivity index (χ4v) is 1.82. The van der Waals surface area contributed by atoms with Gasteiger partial charge in [-0.15, -0.1) is 0 Å². The first kappa shape index (κ1) is 12.9. The third kappa shape index (κ3) is 3.00. The summed E-state index contributed by atoms with van der Waals surface area (Å²) in [6.07, 6.45) is 0. The van der Waals surface area contributed by atoms with Crippen LogP contribution in [0.3, 0.4) is 0 Å². The normalized spacial score (nSPS) is 11.5. The van der Waals surface area contributed by atoms with Gasteiger partial charge in [0.05, 0.1) is 13.2 Å². The number of rotatable bonds is 6. The lowest BCUT2D eigenvalue weighted by molar-refractivity contribution is 0.142. The molecule has 0 aliphatic carbocycles. The molecule has 0 unspecified atom stereocenters. The zero-order valence-corrected chi connectivity index (χ0v) is 10.8. The van der Waals surface area contributed by atoms with Gasteiger partial charge in [-0.2, -0.15) is 0 Å². The Morgan fingerprint density at radius 2 is 2.28 bits per heavy atom. The number of methoxy groups -OCH3 is 1. The third-order valence-corrected chi connectivity index (χ3v) is 2.87. The van der Waals surface area contributed by atoms with Gasteiger partial charge in [-0.1, -0.05) is 6.92 Å². The predicted molar refractivity (Wildman–Crippen MR) is 71.2 cm³/mol. The second kappa shape index (κ2) is 5.84. The minimum atomic E-state index is 0.689. The van der Waals surface area contributed by atoms with Crippen LogP contribution in [0.5, 0.6) is 0 Å². The lowest BCUT2D eigenvalue weighted by Gasteiger charge is -2.17. The molecule has 0 spiro atoms. The van der Waals surface area contributed by atoms with E-state index in [1.807, 2.05) is 18.2 Å². The Morgan fingerprint density at radius 3 is 3.00 bits per heavy atom. The molecule has 0 saturated heterocycles. The van der Waals surface area contributed by atoms with E-state index in [0.29, 0.717) is 24.7 Å². The quantitative estimate of drug-likeness (QED) is 0.792.